The third-order valence-electron chi connectivity index (χ3n) is 5.55. The number of ether oxygens (including phenoxy) is 1. The summed E-state index contributed by atoms with van der Waals surface area (Å²) in [5, 5.41) is 3.29. The molecule has 1 aliphatic rings. The Morgan fingerprint density at radius 2 is 1.71 bits per heavy atom. The van der Waals surface area contributed by atoms with Gasteiger partial charge in [0.05, 0.1) is 11.5 Å². The Bertz CT molecular complexity index is 1260. The van der Waals surface area contributed by atoms with Crippen LogP contribution in [0.5, 0.6) is 5.75 Å². The number of aryl methyl sites for hydroxylation is 2. The van der Waals surface area contributed by atoms with Crippen molar-refractivity contribution < 1.29 is 17.5 Å². The fraction of sp³-hybridized carbons (Fsp3) is 0.333. The Balaban J connectivity index is 1.45. The van der Waals surface area contributed by atoms with Crippen molar-refractivity contribution in [2.45, 2.75) is 25.7 Å². The molecule has 1 aliphatic heterocycles. The van der Waals surface area contributed by atoms with Gasteiger partial charge in [-0.3, -0.25) is 0 Å². The molecule has 0 atom stereocenters. The lowest BCUT2D eigenvalue weighted by Gasteiger charge is -2.34. The van der Waals surface area contributed by atoms with Crippen LogP contribution in [0.1, 0.15) is 18.3 Å². The van der Waals surface area contributed by atoms with E-state index in [1.807, 2.05) is 49.1 Å². The third kappa shape index (κ3) is 5.28. The lowest BCUT2D eigenvalue weighted by Crippen LogP contribution is -2.49. The molecule has 3 aromatic rings. The van der Waals surface area contributed by atoms with Gasteiger partial charge in [-0.05, 0) is 51.1 Å². The number of nitrogens with one attached hydrogen (secondary N) is 1. The number of piperazine rings is 1. The van der Waals surface area contributed by atoms with Gasteiger partial charge in [0.15, 0.2) is 11.6 Å². The van der Waals surface area contributed by atoms with Crippen LogP contribution in [0.4, 0.5) is 21.7 Å². The Kier molecular flexibility index (Phi) is 6.99. The van der Waals surface area contributed by atoms with Crippen LogP contribution in [0.2, 0.25) is 0 Å². The van der Waals surface area contributed by atoms with Gasteiger partial charge in [0, 0.05) is 37.9 Å². The van der Waals surface area contributed by atoms with E-state index in [4.69, 9.17) is 4.74 Å². The normalized spacial score (nSPS) is 14.8. The molecule has 2 aromatic carbocycles. The molecule has 0 aliphatic carbocycles. The van der Waals surface area contributed by atoms with Gasteiger partial charge in [-0.1, -0.05) is 17.7 Å². The predicted octanol–water partition coefficient (Wildman–Crippen LogP) is 3.89. The van der Waals surface area contributed by atoms with E-state index in [1.165, 1.54) is 22.0 Å². The van der Waals surface area contributed by atoms with Crippen LogP contribution in [0.15, 0.2) is 53.4 Å². The molecule has 1 aromatic heterocycles. The maximum Gasteiger partial charge on any atom is 0.243 e. The molecule has 0 radical (unpaired) electrons. The summed E-state index contributed by atoms with van der Waals surface area (Å²) in [6, 6.07) is 13.6. The average molecular weight is 486 g/mol. The number of nitrogens with zero attached hydrogens (tertiary/aromatic N) is 4. The minimum atomic E-state index is -3.82. The van der Waals surface area contributed by atoms with Crippen molar-refractivity contribution >= 4 is 27.3 Å². The van der Waals surface area contributed by atoms with E-state index in [0.717, 1.165) is 17.6 Å². The first-order valence-corrected chi connectivity index (χ1v) is 12.6. The Hall–Kier alpha value is -3.24. The highest BCUT2D eigenvalue weighted by Crippen LogP contribution is 2.26. The van der Waals surface area contributed by atoms with Crippen LogP contribution in [0, 0.1) is 19.7 Å². The summed E-state index contributed by atoms with van der Waals surface area (Å²) in [4.78, 5) is 11.0. The zero-order valence-electron chi connectivity index (χ0n) is 19.5. The zero-order valence-corrected chi connectivity index (χ0v) is 20.3. The summed E-state index contributed by atoms with van der Waals surface area (Å²) >= 11 is 0. The van der Waals surface area contributed by atoms with E-state index in [9.17, 15) is 12.8 Å². The van der Waals surface area contributed by atoms with Gasteiger partial charge in [-0.2, -0.15) is 4.31 Å². The molecule has 180 valence electrons. The van der Waals surface area contributed by atoms with Crippen LogP contribution in [-0.4, -0.2) is 55.5 Å². The minimum absolute atomic E-state index is 0.0421. The highest BCUT2D eigenvalue weighted by atomic mass is 32.2. The zero-order chi connectivity index (χ0) is 24.3. The molecule has 0 saturated carbocycles. The number of benzene rings is 2. The Morgan fingerprint density at radius 3 is 2.35 bits per heavy atom. The summed E-state index contributed by atoms with van der Waals surface area (Å²) in [7, 11) is -3.82. The number of anilines is 3. The van der Waals surface area contributed by atoms with E-state index in [0.29, 0.717) is 31.3 Å². The maximum atomic E-state index is 14.2. The summed E-state index contributed by atoms with van der Waals surface area (Å²) in [5.41, 5.74) is 2.10. The SMILES string of the molecule is CCOc1ccc(S(=O)(=O)N2CCN(c3cc(Nc4ccc(C)cc4)nc(C)n3)CC2)cc1F. The standard InChI is InChI=1S/C24H28FN5O3S/c1-4-33-22-10-9-20(15-21(22)25)34(31,32)30-13-11-29(12-14-30)24-16-23(26-18(3)27-24)28-19-7-5-17(2)6-8-19/h5-10,15-16H,4,11-14H2,1-3H3,(H,26,27,28). The van der Waals surface area contributed by atoms with Crippen molar-refractivity contribution in [3.05, 3.63) is 65.7 Å². The molecule has 0 unspecified atom stereocenters. The Labute approximate surface area is 199 Å². The van der Waals surface area contributed by atoms with Crippen LogP contribution in [-0.2, 0) is 10.0 Å². The van der Waals surface area contributed by atoms with E-state index in [2.05, 4.69) is 15.3 Å². The number of sulfonamides is 1. The van der Waals surface area contributed by atoms with Gasteiger partial charge in [-0.25, -0.2) is 22.8 Å². The molecule has 0 spiro atoms. The number of hydrogen-bond acceptors (Lipinski definition) is 7. The van der Waals surface area contributed by atoms with Gasteiger partial charge in [0.1, 0.15) is 17.5 Å². The highest BCUT2D eigenvalue weighted by Gasteiger charge is 2.30. The largest absolute Gasteiger partial charge is 0.491 e. The summed E-state index contributed by atoms with van der Waals surface area (Å²) < 4.78 is 46.9. The average Bonchev–Trinajstić information content (AvgIpc) is 2.81. The smallest absolute Gasteiger partial charge is 0.243 e. The van der Waals surface area contributed by atoms with Gasteiger partial charge < -0.3 is 15.0 Å². The summed E-state index contributed by atoms with van der Waals surface area (Å²) in [6.45, 7) is 7.34. The van der Waals surface area contributed by atoms with E-state index in [-0.39, 0.29) is 23.7 Å². The molecular formula is C24H28FN5O3S. The first-order valence-electron chi connectivity index (χ1n) is 11.1. The highest BCUT2D eigenvalue weighted by molar-refractivity contribution is 7.89. The van der Waals surface area contributed by atoms with Gasteiger partial charge in [0.2, 0.25) is 10.0 Å². The van der Waals surface area contributed by atoms with E-state index in [1.54, 1.807) is 6.92 Å². The van der Waals surface area contributed by atoms with Crippen LogP contribution in [0.3, 0.4) is 0 Å². The maximum absolute atomic E-state index is 14.2. The van der Waals surface area contributed by atoms with E-state index >= 15 is 0 Å². The number of rotatable bonds is 7. The molecule has 2 heterocycles. The van der Waals surface area contributed by atoms with Gasteiger partial charge in [-0.15, -0.1) is 0 Å². The molecule has 4 rings (SSSR count). The second-order valence-electron chi connectivity index (χ2n) is 8.07. The third-order valence-corrected chi connectivity index (χ3v) is 7.45. The first-order chi connectivity index (χ1) is 16.3. The minimum Gasteiger partial charge on any atom is -0.491 e. The number of aromatic nitrogens is 2. The second-order valence-corrected chi connectivity index (χ2v) is 10.0. The summed E-state index contributed by atoms with van der Waals surface area (Å²) in [6.07, 6.45) is 0. The number of halogens is 1. The van der Waals surface area contributed by atoms with Crippen molar-refractivity contribution in [3.63, 3.8) is 0 Å². The number of hydrogen-bond donors (Lipinski definition) is 1. The van der Waals surface area contributed by atoms with Gasteiger partial charge >= 0.3 is 0 Å². The molecule has 34 heavy (non-hydrogen) atoms. The molecule has 0 amide bonds. The molecular weight excluding hydrogens is 457 g/mol. The first kappa shape index (κ1) is 23.9. The van der Waals surface area contributed by atoms with Crippen molar-refractivity contribution in [2.24, 2.45) is 0 Å². The molecule has 8 nitrogen and oxygen atoms in total. The van der Waals surface area contributed by atoms with Crippen molar-refractivity contribution in [3.8, 4) is 5.75 Å². The van der Waals surface area contributed by atoms with Crippen LogP contribution in [0.25, 0.3) is 0 Å². The molecule has 1 fully saturated rings. The van der Waals surface area contributed by atoms with Crippen LogP contribution < -0.4 is 15.0 Å². The lowest BCUT2D eigenvalue weighted by molar-refractivity contribution is 0.321. The fourth-order valence-electron chi connectivity index (χ4n) is 3.78. The monoisotopic (exact) mass is 485 g/mol. The molecule has 1 N–H and O–H groups in total. The lowest BCUT2D eigenvalue weighted by atomic mass is 10.2. The predicted molar refractivity (Wildman–Crippen MR) is 130 cm³/mol. The molecule has 0 bridgehead atoms. The molecule has 1 saturated heterocycles. The molecule has 10 heteroatoms. The summed E-state index contributed by atoms with van der Waals surface area (Å²) in [5.74, 6) is 1.37. The van der Waals surface area contributed by atoms with Crippen LogP contribution >= 0.6 is 0 Å². The van der Waals surface area contributed by atoms with Crippen molar-refractivity contribution in [1.82, 2.24) is 14.3 Å². The fourth-order valence-corrected chi connectivity index (χ4v) is 5.22. The second kappa shape index (κ2) is 9.94. The van der Waals surface area contributed by atoms with Crippen molar-refractivity contribution in [2.75, 3.05) is 43.0 Å². The van der Waals surface area contributed by atoms with Gasteiger partial charge in [0.25, 0.3) is 0 Å². The van der Waals surface area contributed by atoms with Crippen molar-refractivity contribution in [1.29, 1.82) is 0 Å². The Morgan fingerprint density at radius 1 is 1.00 bits per heavy atom. The quantitative estimate of drug-likeness (QED) is 0.543. The topological polar surface area (TPSA) is 87.7 Å². The van der Waals surface area contributed by atoms with E-state index < -0.39 is 15.8 Å².